The summed E-state index contributed by atoms with van der Waals surface area (Å²) in [5.74, 6) is 0. The summed E-state index contributed by atoms with van der Waals surface area (Å²) < 4.78 is 63.5. The molecule has 1 aromatic heterocycles. The van der Waals surface area contributed by atoms with E-state index in [9.17, 15) is 25.2 Å². The minimum atomic E-state index is -10.7. The molecule has 0 aliphatic carbocycles. The molecule has 0 amide bonds. The third kappa shape index (κ3) is 30.1. The fourth-order valence-corrected chi connectivity index (χ4v) is 0.975. The van der Waals surface area contributed by atoms with Gasteiger partial charge in [0.25, 0.3) is 0 Å². The summed E-state index contributed by atoms with van der Waals surface area (Å²) >= 11 is 0. The van der Waals surface area contributed by atoms with Gasteiger partial charge in [0.2, 0.25) is 6.33 Å². The molecule has 0 fully saturated rings. The number of unbranched alkanes of at least 4 members (excludes halogenated alkanes) is 1. The predicted molar refractivity (Wildman–Crippen MR) is 65.4 cm³/mol. The van der Waals surface area contributed by atoms with Gasteiger partial charge in [-0.1, -0.05) is 13.3 Å². The van der Waals surface area contributed by atoms with Crippen molar-refractivity contribution in [3.63, 3.8) is 0 Å². The molecule has 0 unspecified atom stereocenters. The van der Waals surface area contributed by atoms with Crippen LogP contribution in [-0.4, -0.2) is 4.57 Å². The normalized spacial score (nSPS) is 13.6. The molecule has 3 nitrogen and oxygen atoms in total. The molecule has 0 radical (unpaired) electrons. The van der Waals surface area contributed by atoms with E-state index >= 15 is 0 Å². The van der Waals surface area contributed by atoms with Crippen LogP contribution in [-0.2, 0) is 13.6 Å². The van der Waals surface area contributed by atoms with Gasteiger partial charge < -0.3 is 0 Å². The first kappa shape index (κ1) is 21.0. The molecule has 20 heavy (non-hydrogen) atoms. The van der Waals surface area contributed by atoms with Gasteiger partial charge in [0.1, 0.15) is 12.4 Å². The Morgan fingerprint density at radius 2 is 1.60 bits per heavy atom. The molecule has 0 bridgehead atoms. The van der Waals surface area contributed by atoms with Gasteiger partial charge in [0.05, 0.1) is 19.7 Å². The van der Waals surface area contributed by atoms with Crippen LogP contribution in [0, 0.1) is 11.3 Å². The van der Waals surface area contributed by atoms with Crippen LogP contribution in [0.5, 0.6) is 0 Å². The Balaban J connectivity index is 0. The Labute approximate surface area is 113 Å². The quantitative estimate of drug-likeness (QED) is 0.436. The van der Waals surface area contributed by atoms with E-state index in [4.69, 9.17) is 5.26 Å². The number of rotatable bonds is 3. The first-order valence-electron chi connectivity index (χ1n) is 5.57. The molecule has 1 heterocycles. The summed E-state index contributed by atoms with van der Waals surface area (Å²) in [7, 11) is -8.61. The summed E-state index contributed by atoms with van der Waals surface area (Å²) in [6.45, 7) is 4.79. The summed E-state index contributed by atoms with van der Waals surface area (Å²) in [5.41, 5.74) is 0. The van der Waals surface area contributed by atoms with Gasteiger partial charge in [0.15, 0.2) is 0 Å². The zero-order valence-corrected chi connectivity index (χ0v) is 12.3. The number of nitrogens with zero attached hydrogens (tertiary/aromatic N) is 3. The number of nitriles is 1. The zero-order valence-electron chi connectivity index (χ0n) is 11.4. The maximum absolute atomic E-state index is 10.7. The second-order valence-electron chi connectivity index (χ2n) is 3.85. The topological polar surface area (TPSA) is 32.6 Å². The monoisotopic (exact) mass is 325 g/mol. The van der Waals surface area contributed by atoms with Gasteiger partial charge in [-0.05, 0) is 6.42 Å². The van der Waals surface area contributed by atoms with Gasteiger partial charge in [-0.3, -0.25) is 0 Å². The van der Waals surface area contributed by atoms with E-state index in [1.54, 1.807) is 6.07 Å². The van der Waals surface area contributed by atoms with Crippen molar-refractivity contribution < 1.29 is 29.7 Å². The first-order chi connectivity index (χ1) is 8.69. The van der Waals surface area contributed by atoms with Gasteiger partial charge >= 0.3 is 33.0 Å². The molecule has 1 aromatic rings. The summed E-state index contributed by atoms with van der Waals surface area (Å²) in [4.78, 5) is 0. The molecule has 0 N–H and O–H groups in total. The Hall–Kier alpha value is -1.29. The van der Waals surface area contributed by atoms with Crippen molar-refractivity contribution in [1.29, 1.82) is 5.26 Å². The van der Waals surface area contributed by atoms with Crippen molar-refractivity contribution in [1.82, 2.24) is 4.57 Å². The number of hydrogen-bond donors (Lipinski definition) is 0. The van der Waals surface area contributed by atoms with Crippen LogP contribution in [0.15, 0.2) is 18.7 Å². The van der Waals surface area contributed by atoms with Gasteiger partial charge in [-0.25, -0.2) is 9.13 Å². The van der Waals surface area contributed by atoms with E-state index in [0.717, 1.165) is 6.54 Å². The second-order valence-corrected chi connectivity index (χ2v) is 5.77. The van der Waals surface area contributed by atoms with Crippen LogP contribution in [0.4, 0.5) is 25.2 Å². The van der Waals surface area contributed by atoms with Crippen LogP contribution in [0.2, 0.25) is 0 Å². The number of halogens is 6. The fraction of sp³-hybridized carbons (Fsp3) is 0.600. The summed E-state index contributed by atoms with van der Waals surface area (Å²) in [5, 5.41) is 7.32. The number of imidazole rings is 1. The molecule has 0 atom stereocenters. The number of aromatic nitrogens is 2. The number of hydrogen-bond acceptors (Lipinski definition) is 1. The molecular weight excluding hydrogens is 307 g/mol. The van der Waals surface area contributed by atoms with E-state index in [2.05, 4.69) is 34.8 Å². The van der Waals surface area contributed by atoms with Gasteiger partial charge in [-0.15, -0.1) is 0 Å². The Morgan fingerprint density at radius 1 is 1.20 bits per heavy atom. The third-order valence-corrected chi connectivity index (χ3v) is 1.59. The minimum absolute atomic E-state index is 1.15. The second kappa shape index (κ2) is 6.93. The molecule has 0 saturated heterocycles. The van der Waals surface area contributed by atoms with Crippen molar-refractivity contribution in [3.05, 3.63) is 18.7 Å². The van der Waals surface area contributed by atoms with Crippen LogP contribution in [0.1, 0.15) is 26.7 Å². The summed E-state index contributed by atoms with van der Waals surface area (Å²) in [6.07, 6.45) is 8.82. The molecule has 0 aromatic carbocycles. The SMILES string of the molecule is CC#N.CCCC[n+]1ccn(C)c1.F[P-](F)(F)(F)(F)F. The molecule has 1 rings (SSSR count). The molecule has 120 valence electrons. The standard InChI is InChI=1S/C8H15N2.C2H3N.F6P/c1-3-4-5-10-7-6-9(2)8-10;1-2-3;1-7(2,3,4,5)6/h6-8H,3-5H2,1-2H3;1H3;/q+1;;-1. The predicted octanol–water partition coefficient (Wildman–Crippen LogP) is 5.02. The Morgan fingerprint density at radius 3 is 1.85 bits per heavy atom. The van der Waals surface area contributed by atoms with Crippen LogP contribution < -0.4 is 4.57 Å². The van der Waals surface area contributed by atoms with E-state index in [0.29, 0.717) is 0 Å². The molecule has 0 aliphatic heterocycles. The number of aryl methyl sites for hydroxylation is 2. The Bertz CT molecular complexity index is 419. The van der Waals surface area contributed by atoms with Crippen LogP contribution in [0.3, 0.4) is 0 Å². The van der Waals surface area contributed by atoms with Gasteiger partial charge in [-0.2, -0.15) is 5.26 Å². The van der Waals surface area contributed by atoms with E-state index in [-0.39, 0.29) is 0 Å². The van der Waals surface area contributed by atoms with E-state index in [1.807, 2.05) is 7.05 Å². The molecule has 0 saturated carbocycles. The maximum atomic E-state index is 9.87. The first-order valence-corrected chi connectivity index (χ1v) is 7.60. The van der Waals surface area contributed by atoms with E-state index < -0.39 is 7.81 Å². The fourth-order valence-electron chi connectivity index (χ4n) is 0.975. The van der Waals surface area contributed by atoms with Crippen molar-refractivity contribution in [3.8, 4) is 6.07 Å². The van der Waals surface area contributed by atoms with Crippen LogP contribution in [0.25, 0.3) is 0 Å². The van der Waals surface area contributed by atoms with E-state index in [1.165, 1.54) is 19.8 Å². The average Bonchev–Trinajstić information content (AvgIpc) is 2.57. The zero-order chi connectivity index (χ0) is 16.5. The van der Waals surface area contributed by atoms with Crippen LogP contribution >= 0.6 is 7.81 Å². The molecule has 0 aliphatic rings. The van der Waals surface area contributed by atoms with Crippen molar-refractivity contribution in [2.45, 2.75) is 33.2 Å². The van der Waals surface area contributed by atoms with Gasteiger partial charge in [0, 0.05) is 6.92 Å². The van der Waals surface area contributed by atoms with Crippen molar-refractivity contribution in [2.75, 3.05) is 0 Å². The summed E-state index contributed by atoms with van der Waals surface area (Å²) in [6, 6.07) is 1.75. The van der Waals surface area contributed by atoms with Crippen molar-refractivity contribution >= 4 is 7.81 Å². The molecular formula is C10H18F6N3P. The van der Waals surface area contributed by atoms with Crippen molar-refractivity contribution in [2.24, 2.45) is 7.05 Å². The average molecular weight is 325 g/mol. The Kier molecular flexibility index (Phi) is 7.28. The molecule has 0 spiro atoms. The third-order valence-electron chi connectivity index (χ3n) is 1.59. The molecule has 10 heteroatoms.